The first-order chi connectivity index (χ1) is 8.83. The number of carboxylic acid groups (broad SMARTS) is 2. The first kappa shape index (κ1) is 15.3. The van der Waals surface area contributed by atoms with Crippen LogP contribution in [0.2, 0.25) is 0 Å². The Morgan fingerprint density at radius 1 is 1.37 bits per heavy atom. The molecule has 1 aromatic rings. The van der Waals surface area contributed by atoms with E-state index < -0.39 is 31.4 Å². The van der Waals surface area contributed by atoms with Crippen LogP contribution in [0.4, 0.5) is 0 Å². The lowest BCUT2D eigenvalue weighted by atomic mass is 10.1. The van der Waals surface area contributed by atoms with Crippen molar-refractivity contribution >= 4 is 24.6 Å². The maximum absolute atomic E-state index is 12.1. The standard InChI is InChI=1S/C11H14NO6P/c13-10(14)4-3-8(11(15)16)7-19(17,18)9-2-1-5-12-6-9/h1-2,5-6,8H,3-4,7H2,(H,13,14)(H,15,16)(H,17,18). The molecule has 2 unspecified atom stereocenters. The molecule has 0 saturated carbocycles. The lowest BCUT2D eigenvalue weighted by Crippen LogP contribution is -2.22. The number of hydrogen-bond acceptors (Lipinski definition) is 4. The summed E-state index contributed by atoms with van der Waals surface area (Å²) in [6.07, 6.45) is 1.60. The second-order valence-corrected chi connectivity index (χ2v) is 6.35. The Morgan fingerprint density at radius 2 is 2.05 bits per heavy atom. The molecule has 1 heterocycles. The minimum absolute atomic E-state index is 0.0663. The molecule has 0 radical (unpaired) electrons. The van der Waals surface area contributed by atoms with Gasteiger partial charge in [0.15, 0.2) is 0 Å². The molecule has 0 amide bonds. The molecule has 0 aromatic carbocycles. The highest BCUT2D eigenvalue weighted by Crippen LogP contribution is 2.41. The van der Waals surface area contributed by atoms with E-state index >= 15 is 0 Å². The summed E-state index contributed by atoms with van der Waals surface area (Å²) in [6, 6.07) is 2.87. The monoisotopic (exact) mass is 287 g/mol. The van der Waals surface area contributed by atoms with Crippen molar-refractivity contribution in [3.05, 3.63) is 24.5 Å². The lowest BCUT2D eigenvalue weighted by molar-refractivity contribution is -0.142. The van der Waals surface area contributed by atoms with Gasteiger partial charge in [0.1, 0.15) is 0 Å². The van der Waals surface area contributed by atoms with Gasteiger partial charge in [-0.1, -0.05) is 0 Å². The van der Waals surface area contributed by atoms with Crippen molar-refractivity contribution < 1.29 is 29.3 Å². The van der Waals surface area contributed by atoms with Crippen molar-refractivity contribution in [1.29, 1.82) is 0 Å². The Balaban J connectivity index is 2.81. The molecule has 1 rings (SSSR count). The quantitative estimate of drug-likeness (QED) is 0.625. The van der Waals surface area contributed by atoms with Crippen molar-refractivity contribution in [1.82, 2.24) is 4.98 Å². The normalized spacial score (nSPS) is 15.4. The summed E-state index contributed by atoms with van der Waals surface area (Å²) in [5.74, 6) is -3.59. The van der Waals surface area contributed by atoms with E-state index in [1.807, 2.05) is 0 Å². The SMILES string of the molecule is O=C(O)CCC(CP(=O)(O)c1cccnc1)C(=O)O. The molecular formula is C11H14NO6P. The fraction of sp³-hybridized carbons (Fsp3) is 0.364. The number of carboxylic acids is 2. The van der Waals surface area contributed by atoms with Gasteiger partial charge < -0.3 is 15.1 Å². The molecule has 0 bridgehead atoms. The van der Waals surface area contributed by atoms with Crippen molar-refractivity contribution in [2.75, 3.05) is 6.16 Å². The Labute approximate surface area is 109 Å². The van der Waals surface area contributed by atoms with Crippen LogP contribution in [0.3, 0.4) is 0 Å². The van der Waals surface area contributed by atoms with E-state index in [0.717, 1.165) is 0 Å². The molecule has 1 aromatic heterocycles. The van der Waals surface area contributed by atoms with Gasteiger partial charge in [-0.25, -0.2) is 0 Å². The second kappa shape index (κ2) is 6.45. The molecule has 0 aliphatic rings. The Hall–Kier alpha value is -1.72. The summed E-state index contributed by atoms with van der Waals surface area (Å²) >= 11 is 0. The predicted molar refractivity (Wildman–Crippen MR) is 66.6 cm³/mol. The zero-order chi connectivity index (χ0) is 14.5. The van der Waals surface area contributed by atoms with Crippen molar-refractivity contribution in [3.8, 4) is 0 Å². The summed E-state index contributed by atoms with van der Waals surface area (Å²) in [7, 11) is -3.85. The van der Waals surface area contributed by atoms with Gasteiger partial charge in [0, 0.05) is 25.0 Å². The molecule has 7 nitrogen and oxygen atoms in total. The van der Waals surface area contributed by atoms with Crippen LogP contribution in [0.15, 0.2) is 24.5 Å². The number of pyridine rings is 1. The van der Waals surface area contributed by atoms with E-state index in [2.05, 4.69) is 4.98 Å². The van der Waals surface area contributed by atoms with Gasteiger partial charge in [0.05, 0.1) is 11.2 Å². The largest absolute Gasteiger partial charge is 0.481 e. The zero-order valence-electron chi connectivity index (χ0n) is 9.97. The highest BCUT2D eigenvalue weighted by atomic mass is 31.2. The molecule has 19 heavy (non-hydrogen) atoms. The number of nitrogens with zero attached hydrogens (tertiary/aromatic N) is 1. The summed E-state index contributed by atoms with van der Waals surface area (Å²) in [5, 5.41) is 17.5. The molecule has 0 spiro atoms. The van der Waals surface area contributed by atoms with Crippen molar-refractivity contribution in [3.63, 3.8) is 0 Å². The van der Waals surface area contributed by atoms with Crippen molar-refractivity contribution in [2.24, 2.45) is 5.92 Å². The van der Waals surface area contributed by atoms with E-state index in [9.17, 15) is 19.0 Å². The Morgan fingerprint density at radius 3 is 2.53 bits per heavy atom. The number of aromatic nitrogens is 1. The van der Waals surface area contributed by atoms with E-state index in [-0.39, 0.29) is 18.1 Å². The van der Waals surface area contributed by atoms with Crippen molar-refractivity contribution in [2.45, 2.75) is 12.8 Å². The Bertz CT molecular complexity index is 503. The third-order valence-electron chi connectivity index (χ3n) is 2.57. The predicted octanol–water partition coefficient (Wildman–Crippen LogP) is 0.543. The van der Waals surface area contributed by atoms with Gasteiger partial charge in [0.25, 0.3) is 0 Å². The smallest absolute Gasteiger partial charge is 0.307 e. The molecule has 104 valence electrons. The molecule has 2 atom stereocenters. The summed E-state index contributed by atoms with van der Waals surface area (Å²) in [6.45, 7) is 0. The fourth-order valence-electron chi connectivity index (χ4n) is 1.56. The van der Waals surface area contributed by atoms with Gasteiger partial charge >= 0.3 is 11.9 Å². The van der Waals surface area contributed by atoms with Crippen LogP contribution in [0.1, 0.15) is 12.8 Å². The molecule has 0 aliphatic carbocycles. The zero-order valence-corrected chi connectivity index (χ0v) is 10.9. The lowest BCUT2D eigenvalue weighted by Gasteiger charge is -2.16. The van der Waals surface area contributed by atoms with Gasteiger partial charge in [-0.05, 0) is 18.6 Å². The molecule has 8 heteroatoms. The Kier molecular flexibility index (Phi) is 5.20. The van der Waals surface area contributed by atoms with Crippen LogP contribution >= 0.6 is 7.37 Å². The first-order valence-corrected chi connectivity index (χ1v) is 7.34. The maximum Gasteiger partial charge on any atom is 0.307 e. The van der Waals surface area contributed by atoms with Crippen LogP contribution in [-0.2, 0) is 14.2 Å². The van der Waals surface area contributed by atoms with Gasteiger partial charge in [-0.2, -0.15) is 0 Å². The number of aliphatic carboxylic acids is 2. The van der Waals surface area contributed by atoms with Crippen LogP contribution in [0.25, 0.3) is 0 Å². The van der Waals surface area contributed by atoms with E-state index in [1.54, 1.807) is 0 Å². The van der Waals surface area contributed by atoms with Crippen LogP contribution < -0.4 is 5.30 Å². The fourth-order valence-corrected chi connectivity index (χ4v) is 3.27. The second-order valence-electron chi connectivity index (χ2n) is 4.06. The van der Waals surface area contributed by atoms with Crippen LogP contribution in [0.5, 0.6) is 0 Å². The highest BCUT2D eigenvalue weighted by molar-refractivity contribution is 7.66. The number of carbonyl (C=O) groups is 2. The average Bonchev–Trinajstić information content (AvgIpc) is 2.35. The van der Waals surface area contributed by atoms with Gasteiger partial charge in [-0.3, -0.25) is 19.1 Å². The van der Waals surface area contributed by atoms with Crippen LogP contribution in [0, 0.1) is 5.92 Å². The van der Waals surface area contributed by atoms with E-state index in [1.165, 1.54) is 24.5 Å². The van der Waals surface area contributed by atoms with E-state index in [4.69, 9.17) is 10.2 Å². The molecule has 0 saturated heterocycles. The third kappa shape index (κ3) is 4.81. The molecule has 3 N–H and O–H groups in total. The average molecular weight is 287 g/mol. The topological polar surface area (TPSA) is 125 Å². The molecule has 0 fully saturated rings. The molecule has 0 aliphatic heterocycles. The maximum atomic E-state index is 12.1. The minimum atomic E-state index is -3.85. The third-order valence-corrected chi connectivity index (χ3v) is 4.58. The summed E-state index contributed by atoms with van der Waals surface area (Å²) in [5.41, 5.74) is 0. The summed E-state index contributed by atoms with van der Waals surface area (Å²) in [4.78, 5) is 35.0. The van der Waals surface area contributed by atoms with Gasteiger partial charge in [-0.15, -0.1) is 0 Å². The number of rotatable bonds is 7. The summed E-state index contributed by atoms with van der Waals surface area (Å²) < 4.78 is 12.1. The number of hydrogen-bond donors (Lipinski definition) is 3. The minimum Gasteiger partial charge on any atom is -0.481 e. The highest BCUT2D eigenvalue weighted by Gasteiger charge is 2.30. The molecular weight excluding hydrogens is 273 g/mol. The van der Waals surface area contributed by atoms with Gasteiger partial charge in [0.2, 0.25) is 7.37 Å². The van der Waals surface area contributed by atoms with E-state index in [0.29, 0.717) is 0 Å². The first-order valence-electron chi connectivity index (χ1n) is 5.50. The van der Waals surface area contributed by atoms with Crippen LogP contribution in [-0.4, -0.2) is 38.2 Å².